The molecule has 2 radical (unpaired) electrons. The first-order valence-corrected chi connectivity index (χ1v) is 7.52. The summed E-state index contributed by atoms with van der Waals surface area (Å²) in [6.07, 6.45) is 6.56. The molecular formula is C9H13NSn. The average molecular weight is 254 g/mol. The van der Waals surface area contributed by atoms with Crippen molar-refractivity contribution in [1.29, 1.82) is 0 Å². The van der Waals surface area contributed by atoms with E-state index in [0.29, 0.717) is 0 Å². The third-order valence-electron chi connectivity index (χ3n) is 1.54. The van der Waals surface area contributed by atoms with Gasteiger partial charge in [-0.1, -0.05) is 0 Å². The Bertz CT molecular complexity index is 186. The summed E-state index contributed by atoms with van der Waals surface area (Å²) in [6, 6.07) is 4.34. The van der Waals surface area contributed by atoms with E-state index in [1.807, 2.05) is 12.4 Å². The van der Waals surface area contributed by atoms with E-state index in [-0.39, 0.29) is 21.1 Å². The molecule has 58 valence electrons. The van der Waals surface area contributed by atoms with Crippen molar-refractivity contribution in [3.63, 3.8) is 0 Å². The van der Waals surface area contributed by atoms with Crippen molar-refractivity contribution in [2.75, 3.05) is 0 Å². The van der Waals surface area contributed by atoms with Gasteiger partial charge in [0.1, 0.15) is 0 Å². The fourth-order valence-corrected chi connectivity index (χ4v) is 4.31. The molecule has 1 aromatic heterocycles. The van der Waals surface area contributed by atoms with Gasteiger partial charge in [0.15, 0.2) is 0 Å². The van der Waals surface area contributed by atoms with Crippen LogP contribution in [0.1, 0.15) is 19.8 Å². The molecule has 0 fully saturated rings. The van der Waals surface area contributed by atoms with Gasteiger partial charge in [-0.05, 0) is 0 Å². The van der Waals surface area contributed by atoms with Gasteiger partial charge < -0.3 is 0 Å². The molecule has 0 aliphatic carbocycles. The van der Waals surface area contributed by atoms with Crippen molar-refractivity contribution < 1.29 is 0 Å². The van der Waals surface area contributed by atoms with Gasteiger partial charge in [-0.2, -0.15) is 0 Å². The molecule has 0 saturated carbocycles. The van der Waals surface area contributed by atoms with Gasteiger partial charge in [0.25, 0.3) is 0 Å². The van der Waals surface area contributed by atoms with Crippen molar-refractivity contribution in [3.8, 4) is 0 Å². The van der Waals surface area contributed by atoms with Gasteiger partial charge in [-0.25, -0.2) is 0 Å². The molecule has 0 amide bonds. The van der Waals surface area contributed by atoms with Gasteiger partial charge in [-0.3, -0.25) is 0 Å². The number of rotatable bonds is 4. The van der Waals surface area contributed by atoms with E-state index >= 15 is 0 Å². The van der Waals surface area contributed by atoms with Crippen LogP contribution >= 0.6 is 0 Å². The predicted molar refractivity (Wildman–Crippen MR) is 49.3 cm³/mol. The zero-order valence-corrected chi connectivity index (χ0v) is 9.73. The van der Waals surface area contributed by atoms with E-state index in [1.54, 1.807) is 3.58 Å². The summed E-state index contributed by atoms with van der Waals surface area (Å²) in [5.74, 6) is 0. The zero-order valence-electron chi connectivity index (χ0n) is 6.88. The molecular weight excluding hydrogens is 241 g/mol. The average Bonchev–Trinajstić information content (AvgIpc) is 2.07. The molecule has 1 heterocycles. The SMILES string of the molecule is CCC[CH2][Sn][c]1ccncc1. The van der Waals surface area contributed by atoms with Crippen LogP contribution in [-0.2, 0) is 0 Å². The van der Waals surface area contributed by atoms with Gasteiger partial charge in [0, 0.05) is 0 Å². The summed E-state index contributed by atoms with van der Waals surface area (Å²) in [5.41, 5.74) is 0. The van der Waals surface area contributed by atoms with E-state index in [0.717, 1.165) is 0 Å². The standard InChI is InChI=1S/C5H4N.C4H9.Sn/c1-2-4-6-5-3-1;1-3-4-2;/h2-5H;1,3-4H2,2H3;. The molecule has 1 aromatic rings. The Kier molecular flexibility index (Phi) is 4.59. The summed E-state index contributed by atoms with van der Waals surface area (Å²) in [5, 5.41) is 0. The molecule has 0 aliphatic heterocycles. The summed E-state index contributed by atoms with van der Waals surface area (Å²) < 4.78 is 3.06. The van der Waals surface area contributed by atoms with Gasteiger partial charge in [-0.15, -0.1) is 0 Å². The maximum atomic E-state index is 4.00. The Morgan fingerprint density at radius 2 is 2.09 bits per heavy atom. The van der Waals surface area contributed by atoms with Gasteiger partial charge >= 0.3 is 78.4 Å². The maximum absolute atomic E-state index is 4.00. The summed E-state index contributed by atoms with van der Waals surface area (Å²) >= 11 is -0.224. The van der Waals surface area contributed by atoms with Crippen molar-refractivity contribution in [2.24, 2.45) is 0 Å². The number of nitrogens with zero attached hydrogens (tertiary/aromatic N) is 1. The normalized spacial score (nSPS) is 9.91. The van der Waals surface area contributed by atoms with E-state index < -0.39 is 0 Å². The second-order valence-corrected chi connectivity index (χ2v) is 6.60. The fraction of sp³-hybridized carbons (Fsp3) is 0.444. The molecule has 11 heavy (non-hydrogen) atoms. The third kappa shape index (κ3) is 3.75. The molecule has 0 atom stereocenters. The minimum atomic E-state index is -0.224. The number of unbranched alkanes of at least 4 members (excludes halogenated alkanes) is 1. The fourth-order valence-electron chi connectivity index (χ4n) is 0.879. The van der Waals surface area contributed by atoms with Crippen LogP contribution < -0.4 is 3.58 Å². The van der Waals surface area contributed by atoms with Crippen molar-refractivity contribution >= 4 is 24.7 Å². The Morgan fingerprint density at radius 3 is 2.73 bits per heavy atom. The Labute approximate surface area is 78.5 Å². The zero-order chi connectivity index (χ0) is 7.94. The Morgan fingerprint density at radius 1 is 1.36 bits per heavy atom. The molecule has 0 spiro atoms. The first-order chi connectivity index (χ1) is 5.43. The monoisotopic (exact) mass is 255 g/mol. The summed E-state index contributed by atoms with van der Waals surface area (Å²) in [7, 11) is 0. The molecule has 0 saturated heterocycles. The van der Waals surface area contributed by atoms with E-state index in [4.69, 9.17) is 0 Å². The van der Waals surface area contributed by atoms with Crippen LogP contribution in [0.15, 0.2) is 24.5 Å². The molecule has 0 unspecified atom stereocenters. The molecule has 0 aliphatic rings. The van der Waals surface area contributed by atoms with Crippen LogP contribution in [0.3, 0.4) is 0 Å². The Hall–Kier alpha value is -0.0513. The van der Waals surface area contributed by atoms with E-state index in [1.165, 1.54) is 17.3 Å². The predicted octanol–water partition coefficient (Wildman–Crippen LogP) is 1.63. The van der Waals surface area contributed by atoms with Crippen LogP contribution in [0.2, 0.25) is 4.44 Å². The molecule has 2 heteroatoms. The molecule has 1 rings (SSSR count). The first kappa shape index (κ1) is 9.04. The number of hydrogen-bond acceptors (Lipinski definition) is 1. The van der Waals surface area contributed by atoms with Crippen molar-refractivity contribution in [3.05, 3.63) is 24.5 Å². The molecule has 0 N–H and O–H groups in total. The second-order valence-electron chi connectivity index (χ2n) is 2.52. The van der Waals surface area contributed by atoms with Gasteiger partial charge in [0.2, 0.25) is 0 Å². The van der Waals surface area contributed by atoms with Gasteiger partial charge in [0.05, 0.1) is 0 Å². The van der Waals surface area contributed by atoms with Crippen molar-refractivity contribution in [1.82, 2.24) is 4.98 Å². The van der Waals surface area contributed by atoms with E-state index in [2.05, 4.69) is 24.0 Å². The third-order valence-corrected chi connectivity index (χ3v) is 5.38. The van der Waals surface area contributed by atoms with Crippen LogP contribution in [0.25, 0.3) is 0 Å². The summed E-state index contributed by atoms with van der Waals surface area (Å²) in [6.45, 7) is 2.26. The van der Waals surface area contributed by atoms with Crippen LogP contribution in [0.5, 0.6) is 0 Å². The van der Waals surface area contributed by atoms with Crippen molar-refractivity contribution in [2.45, 2.75) is 24.2 Å². The Balaban J connectivity index is 2.28. The minimum absolute atomic E-state index is 0.224. The topological polar surface area (TPSA) is 12.9 Å². The number of hydrogen-bond donors (Lipinski definition) is 0. The molecule has 1 nitrogen and oxygen atoms in total. The number of aromatic nitrogens is 1. The molecule has 0 aromatic carbocycles. The summed E-state index contributed by atoms with van der Waals surface area (Å²) in [4.78, 5) is 4.00. The van der Waals surface area contributed by atoms with Crippen LogP contribution in [-0.4, -0.2) is 26.1 Å². The second kappa shape index (κ2) is 5.58. The number of pyridine rings is 1. The quantitative estimate of drug-likeness (QED) is 0.587. The first-order valence-electron chi connectivity index (χ1n) is 4.07. The van der Waals surface area contributed by atoms with E-state index in [9.17, 15) is 0 Å². The van der Waals surface area contributed by atoms with Crippen LogP contribution in [0, 0.1) is 0 Å². The van der Waals surface area contributed by atoms with Crippen LogP contribution in [0.4, 0.5) is 0 Å². The molecule has 0 bridgehead atoms.